The quantitative estimate of drug-likeness (QED) is 0.0323. The summed E-state index contributed by atoms with van der Waals surface area (Å²) in [5.41, 5.74) is 8.86. The average Bonchev–Trinajstić information content (AvgIpc) is 3.28. The molecule has 0 saturated heterocycles. The zero-order valence-corrected chi connectivity index (χ0v) is 37.0. The molecule has 66 heavy (non-hydrogen) atoms. The molecule has 6 aromatic heterocycles. The molecule has 30 heteroatoms. The van der Waals surface area contributed by atoms with Crippen molar-refractivity contribution in [1.82, 2.24) is 46.2 Å². The minimum Gasteiger partial charge on any atom is -0.452 e. The summed E-state index contributed by atoms with van der Waals surface area (Å²) in [6, 6.07) is 5.51. The van der Waals surface area contributed by atoms with Crippen LogP contribution in [0.5, 0.6) is 0 Å². The fourth-order valence-corrected chi connectivity index (χ4v) is 5.35. The van der Waals surface area contributed by atoms with Gasteiger partial charge in [-0.2, -0.15) is 20.2 Å². The van der Waals surface area contributed by atoms with Crippen molar-refractivity contribution >= 4 is 74.3 Å². The van der Waals surface area contributed by atoms with Crippen LogP contribution in [0.4, 0.5) is 26.3 Å². The topological polar surface area (TPSA) is 434 Å². The minimum atomic E-state index is -1.44. The second-order valence-electron chi connectivity index (χ2n) is 11.9. The molecular formula is C36H43N13O16S. The van der Waals surface area contributed by atoms with E-state index in [1.54, 1.807) is 25.3 Å². The molecule has 0 aliphatic carbocycles. The number of nitrogens with zero attached hydrogens (tertiary/aromatic N) is 4. The van der Waals surface area contributed by atoms with Crippen molar-refractivity contribution in [3.63, 3.8) is 0 Å². The van der Waals surface area contributed by atoms with E-state index >= 15 is 0 Å². The van der Waals surface area contributed by atoms with Crippen LogP contribution in [0.15, 0.2) is 65.4 Å². The normalized spacial score (nSPS) is 10.3. The summed E-state index contributed by atoms with van der Waals surface area (Å²) < 4.78 is 38.6. The van der Waals surface area contributed by atoms with Crippen molar-refractivity contribution in [3.05, 3.63) is 97.2 Å². The molecule has 0 aromatic carbocycles. The van der Waals surface area contributed by atoms with Crippen LogP contribution in [0.25, 0.3) is 33.3 Å². The van der Waals surface area contributed by atoms with Gasteiger partial charge in [-0.1, -0.05) is 20.8 Å². The number of methoxy groups -OCH3 is 3. The second kappa shape index (κ2) is 26.0. The maximum Gasteiger partial charge on any atom is 0.425 e. The Labute approximate surface area is 370 Å². The first kappa shape index (κ1) is 53.4. The summed E-state index contributed by atoms with van der Waals surface area (Å²) in [4.78, 5) is 120. The van der Waals surface area contributed by atoms with Crippen LogP contribution in [0.1, 0.15) is 44.4 Å². The number of nitrogens with two attached hydrogens (primary N) is 1. The SMILES string of the molecule is CC#N.CCc1cc(=O)oc2nc(NNC(=O)OC)[nH]c(=O)c12.CCc1cc(=O)oc2nc(NNC(=O)OC)[nH]c(=O)c12.CCc1cc(=O)oc2nc(S(C)=O)[nH]c(=O)c12.COC(=O)NN. The maximum atomic E-state index is 12.0. The van der Waals surface area contributed by atoms with E-state index < -0.39 is 62.6 Å². The van der Waals surface area contributed by atoms with Crippen LogP contribution in [0.2, 0.25) is 0 Å². The highest BCUT2D eigenvalue weighted by molar-refractivity contribution is 7.84. The Hall–Kier alpha value is -8.72. The Morgan fingerprint density at radius 2 is 0.970 bits per heavy atom. The van der Waals surface area contributed by atoms with Gasteiger partial charge < -0.3 is 27.5 Å². The van der Waals surface area contributed by atoms with Crippen molar-refractivity contribution in [3.8, 4) is 6.07 Å². The predicted molar refractivity (Wildman–Crippen MR) is 233 cm³/mol. The summed E-state index contributed by atoms with van der Waals surface area (Å²) >= 11 is 0. The van der Waals surface area contributed by atoms with Gasteiger partial charge in [0.25, 0.3) is 16.7 Å². The van der Waals surface area contributed by atoms with E-state index in [2.05, 4.69) is 71.7 Å². The van der Waals surface area contributed by atoms with Crippen LogP contribution in [0.3, 0.4) is 0 Å². The summed E-state index contributed by atoms with van der Waals surface area (Å²) in [6.07, 6.45) is 0.705. The number of hydrazine groups is 3. The van der Waals surface area contributed by atoms with Gasteiger partial charge in [0.2, 0.25) is 34.2 Å². The van der Waals surface area contributed by atoms with Gasteiger partial charge in [0.05, 0.1) is 38.2 Å². The third-order valence-corrected chi connectivity index (χ3v) is 8.46. The van der Waals surface area contributed by atoms with E-state index in [9.17, 15) is 47.4 Å². The number of carbonyl (C=O) groups excluding carboxylic acids is 3. The third-order valence-electron chi connectivity index (χ3n) is 7.72. The molecule has 29 nitrogen and oxygen atoms in total. The number of anilines is 2. The molecular weight excluding hydrogens is 903 g/mol. The molecule has 0 bridgehead atoms. The Kier molecular flexibility index (Phi) is 21.1. The van der Waals surface area contributed by atoms with Gasteiger partial charge in [-0.15, -0.1) is 0 Å². The maximum absolute atomic E-state index is 12.0. The van der Waals surface area contributed by atoms with E-state index in [0.717, 1.165) is 0 Å². The first-order chi connectivity index (χ1) is 31.3. The monoisotopic (exact) mass is 945 g/mol. The number of H-pyrrole nitrogens is 3. The first-order valence-electron chi connectivity index (χ1n) is 18.4. The van der Waals surface area contributed by atoms with Gasteiger partial charge in [0.15, 0.2) is 0 Å². The number of aromatic nitrogens is 6. The lowest BCUT2D eigenvalue weighted by atomic mass is 10.1. The highest BCUT2D eigenvalue weighted by atomic mass is 32.2. The number of aryl methyl sites for hydroxylation is 3. The van der Waals surface area contributed by atoms with Crippen LogP contribution < -0.4 is 66.5 Å². The van der Waals surface area contributed by atoms with Crippen molar-refractivity contribution < 1.29 is 46.1 Å². The molecule has 0 saturated carbocycles. The predicted octanol–water partition coefficient (Wildman–Crippen LogP) is 0.165. The molecule has 6 aromatic rings. The van der Waals surface area contributed by atoms with Gasteiger partial charge in [0.1, 0.15) is 16.2 Å². The fourth-order valence-electron chi connectivity index (χ4n) is 4.90. The lowest BCUT2D eigenvalue weighted by molar-refractivity contribution is 0.171. The smallest absolute Gasteiger partial charge is 0.425 e. The molecule has 6 rings (SSSR count). The molecule has 0 aliphatic heterocycles. The highest BCUT2D eigenvalue weighted by Gasteiger charge is 2.15. The largest absolute Gasteiger partial charge is 0.452 e. The molecule has 0 fully saturated rings. The fraction of sp³-hybridized carbons (Fsp3) is 0.306. The van der Waals surface area contributed by atoms with Crippen molar-refractivity contribution in [1.29, 1.82) is 5.26 Å². The molecule has 6 heterocycles. The lowest BCUT2D eigenvalue weighted by Crippen LogP contribution is -2.31. The molecule has 0 radical (unpaired) electrons. The zero-order chi connectivity index (χ0) is 49.7. The van der Waals surface area contributed by atoms with Crippen molar-refractivity contribution in [2.45, 2.75) is 52.1 Å². The van der Waals surface area contributed by atoms with Crippen molar-refractivity contribution in [2.24, 2.45) is 5.84 Å². The number of hydrogen-bond acceptors (Lipinski definition) is 23. The van der Waals surface area contributed by atoms with Crippen LogP contribution >= 0.6 is 0 Å². The molecule has 1 atom stereocenters. The van der Waals surface area contributed by atoms with Gasteiger partial charge in [0, 0.05) is 31.4 Å². The first-order valence-corrected chi connectivity index (χ1v) is 20.0. The molecule has 0 spiro atoms. The Balaban J connectivity index is 0.000000312. The molecule has 354 valence electrons. The Morgan fingerprint density at radius 1 is 0.652 bits per heavy atom. The minimum absolute atomic E-state index is 0.00102. The second-order valence-corrected chi connectivity index (χ2v) is 13.2. The lowest BCUT2D eigenvalue weighted by Gasteiger charge is -2.07. The number of fused-ring (bicyclic) bond motifs is 3. The van der Waals surface area contributed by atoms with Crippen LogP contribution in [-0.2, 0) is 44.3 Å². The van der Waals surface area contributed by atoms with E-state index in [-0.39, 0.29) is 50.4 Å². The number of ether oxygens (including phenoxy) is 3. The summed E-state index contributed by atoms with van der Waals surface area (Å²) in [6.45, 7) is 6.86. The summed E-state index contributed by atoms with van der Waals surface area (Å²) in [5.74, 6) is 4.40. The summed E-state index contributed by atoms with van der Waals surface area (Å²) in [7, 11) is 2.16. The Bertz CT molecular complexity index is 2980. The molecule has 1 unspecified atom stereocenters. The molecule has 3 amide bonds. The van der Waals surface area contributed by atoms with E-state index in [1.807, 2.05) is 6.92 Å². The van der Waals surface area contributed by atoms with E-state index in [1.165, 1.54) is 52.7 Å². The number of nitrogens with one attached hydrogen (secondary N) is 8. The van der Waals surface area contributed by atoms with Gasteiger partial charge in [-0.3, -0.25) is 49.8 Å². The number of carbonyl (C=O) groups is 3. The van der Waals surface area contributed by atoms with Gasteiger partial charge in [-0.05, 0) is 36.0 Å². The molecule has 10 N–H and O–H groups in total. The van der Waals surface area contributed by atoms with Crippen molar-refractivity contribution in [2.75, 3.05) is 38.4 Å². The molecule has 0 aliphatic rings. The number of amides is 3. The van der Waals surface area contributed by atoms with E-state index in [4.69, 9.17) is 18.5 Å². The number of aromatic amines is 3. The van der Waals surface area contributed by atoms with Crippen LogP contribution in [-0.4, -0.2) is 80.0 Å². The third kappa shape index (κ3) is 15.3. The van der Waals surface area contributed by atoms with E-state index in [0.29, 0.717) is 36.0 Å². The standard InChI is InChI=1S/2C11H12N4O5.C10H10N2O4S.C2H6N2O2.C2H3N/c2*1-3-5-4-6(16)20-9-7(5)8(17)12-10(13-9)14-15-11(18)19-2;1-3-5-4-6(13)16-9-7(5)8(14)11-10(12-9)17(2)15;1-6-2(5)4-3;1-2-3/h2*4H,3H2,1-2H3,(H,15,18)(H2,12,13,14,17);4H,3H2,1-2H3,(H,11,12,14);3H2,1H3,(H,4,5);1H3. The zero-order valence-electron chi connectivity index (χ0n) is 36.2. The highest BCUT2D eigenvalue weighted by Crippen LogP contribution is 2.14. The average molecular weight is 946 g/mol. The number of rotatable bonds is 8. The van der Waals surface area contributed by atoms with Gasteiger partial charge >= 0.3 is 35.2 Å². The Morgan fingerprint density at radius 3 is 1.24 bits per heavy atom. The summed E-state index contributed by atoms with van der Waals surface area (Å²) in [5, 5.41) is 7.96. The number of hydrogen-bond donors (Lipinski definition) is 9. The van der Waals surface area contributed by atoms with Crippen LogP contribution in [0, 0.1) is 11.3 Å². The van der Waals surface area contributed by atoms with Gasteiger partial charge in [-0.25, -0.2) is 45.5 Å². The number of nitriles is 1.